The number of halogens is 4. The van der Waals surface area contributed by atoms with Crippen LogP contribution in [0.5, 0.6) is 5.88 Å². The lowest BCUT2D eigenvalue weighted by Gasteiger charge is -2.23. The molecule has 4 aromatic heterocycles. The maximum Gasteiger partial charge on any atom is 0.434 e. The largest absolute Gasteiger partial charge is 0.496 e. The number of alkyl halides is 3. The number of methoxy groups -OCH3 is 2. The van der Waals surface area contributed by atoms with Crippen LogP contribution in [0.3, 0.4) is 0 Å². The van der Waals surface area contributed by atoms with Crippen molar-refractivity contribution in [3.63, 3.8) is 0 Å². The Hall–Kier alpha value is -4.62. The standard InChI is InChI=1S/C28H25F4N7O3/c1-38-12-19(28(30,31)32)36-26(38)21-17(29)8-14(9-18(21)41-2)11-39-20(40)7-6-16-10-33-24(37-25(16)39)22-23(15-4-5-15)34-13-35-27(22)42-3/h6-7,9-10,12-15H,4-5,8,11H2,1-3H3. The van der Waals surface area contributed by atoms with Crippen LogP contribution in [0.1, 0.15) is 42.4 Å². The fourth-order valence-corrected chi connectivity index (χ4v) is 5.19. The molecule has 1 atom stereocenters. The van der Waals surface area contributed by atoms with Crippen LogP contribution in [0.25, 0.3) is 28.0 Å². The molecule has 0 amide bonds. The molecule has 218 valence electrons. The number of pyridine rings is 1. The van der Waals surface area contributed by atoms with Crippen LogP contribution in [0.15, 0.2) is 53.3 Å². The van der Waals surface area contributed by atoms with Crippen molar-refractivity contribution in [2.45, 2.75) is 37.9 Å². The van der Waals surface area contributed by atoms with Crippen molar-refractivity contribution < 1.29 is 27.0 Å². The van der Waals surface area contributed by atoms with E-state index in [1.807, 2.05) is 0 Å². The van der Waals surface area contributed by atoms with Gasteiger partial charge in [0.25, 0.3) is 5.56 Å². The second kappa shape index (κ2) is 10.3. The molecule has 1 saturated carbocycles. The minimum absolute atomic E-state index is 0.0203. The van der Waals surface area contributed by atoms with Gasteiger partial charge in [-0.15, -0.1) is 0 Å². The summed E-state index contributed by atoms with van der Waals surface area (Å²) >= 11 is 0. The Morgan fingerprint density at radius 3 is 2.52 bits per heavy atom. The Kier molecular flexibility index (Phi) is 6.78. The smallest absolute Gasteiger partial charge is 0.434 e. The summed E-state index contributed by atoms with van der Waals surface area (Å²) in [5.41, 5.74) is -0.0209. The fraction of sp³-hybridized carbons (Fsp3) is 0.357. The number of nitrogens with zero attached hydrogens (tertiary/aromatic N) is 7. The molecular weight excluding hydrogens is 558 g/mol. The van der Waals surface area contributed by atoms with Gasteiger partial charge in [-0.3, -0.25) is 9.36 Å². The summed E-state index contributed by atoms with van der Waals surface area (Å²) in [5.74, 6) is -0.620. The van der Waals surface area contributed by atoms with E-state index in [9.17, 15) is 18.0 Å². The van der Waals surface area contributed by atoms with Crippen molar-refractivity contribution in [3.8, 4) is 17.3 Å². The maximum absolute atomic E-state index is 15.6. The number of hydrogen-bond donors (Lipinski definition) is 0. The van der Waals surface area contributed by atoms with Gasteiger partial charge < -0.3 is 14.0 Å². The number of ether oxygens (including phenoxy) is 2. The Labute approximate surface area is 236 Å². The molecule has 0 radical (unpaired) electrons. The summed E-state index contributed by atoms with van der Waals surface area (Å²) < 4.78 is 68.8. The summed E-state index contributed by atoms with van der Waals surface area (Å²) in [6.07, 6.45) is 2.47. The van der Waals surface area contributed by atoms with Crippen LogP contribution in [0.2, 0.25) is 0 Å². The van der Waals surface area contributed by atoms with Crippen molar-refractivity contribution in [2.75, 3.05) is 14.2 Å². The highest BCUT2D eigenvalue weighted by Gasteiger charge is 2.37. The SMILES string of the molecule is COC1=CC(Cn2c(=O)ccc3cnc(-c4c(OC)ncnc4C4CC4)nc32)CC(F)=C1c1nc(C(F)(F)F)cn1C. The fourth-order valence-electron chi connectivity index (χ4n) is 5.19. The predicted octanol–water partition coefficient (Wildman–Crippen LogP) is 4.82. The number of aromatic nitrogens is 7. The lowest BCUT2D eigenvalue weighted by atomic mass is 9.93. The quantitative estimate of drug-likeness (QED) is 0.285. The highest BCUT2D eigenvalue weighted by atomic mass is 19.4. The average molecular weight is 584 g/mol. The first-order valence-corrected chi connectivity index (χ1v) is 13.1. The highest BCUT2D eigenvalue weighted by molar-refractivity contribution is 5.78. The molecule has 0 spiro atoms. The van der Waals surface area contributed by atoms with Crippen LogP contribution < -0.4 is 10.3 Å². The molecule has 1 fully saturated rings. The molecule has 0 aromatic carbocycles. The van der Waals surface area contributed by atoms with Gasteiger partial charge in [-0.1, -0.05) is 0 Å². The van der Waals surface area contributed by atoms with Gasteiger partial charge in [-0.2, -0.15) is 13.2 Å². The van der Waals surface area contributed by atoms with Crippen LogP contribution in [0, 0.1) is 5.92 Å². The molecule has 0 N–H and O–H groups in total. The van der Waals surface area contributed by atoms with Gasteiger partial charge in [0.05, 0.1) is 25.5 Å². The van der Waals surface area contributed by atoms with E-state index in [1.165, 1.54) is 38.2 Å². The third kappa shape index (κ3) is 4.90. The van der Waals surface area contributed by atoms with Crippen LogP contribution >= 0.6 is 0 Å². The van der Waals surface area contributed by atoms with E-state index in [-0.39, 0.29) is 41.6 Å². The Balaban J connectivity index is 1.39. The molecular formula is C28H25F4N7O3. The Bertz CT molecular complexity index is 1820. The first-order chi connectivity index (χ1) is 20.1. The zero-order valence-electron chi connectivity index (χ0n) is 22.8. The van der Waals surface area contributed by atoms with Crippen molar-refractivity contribution in [1.29, 1.82) is 0 Å². The molecule has 1 unspecified atom stereocenters. The van der Waals surface area contributed by atoms with Gasteiger partial charge in [0.15, 0.2) is 11.5 Å². The molecule has 42 heavy (non-hydrogen) atoms. The van der Waals surface area contributed by atoms with E-state index >= 15 is 4.39 Å². The van der Waals surface area contributed by atoms with Gasteiger partial charge in [0.1, 0.15) is 34.9 Å². The number of rotatable bonds is 7. The van der Waals surface area contributed by atoms with E-state index < -0.39 is 23.6 Å². The van der Waals surface area contributed by atoms with Gasteiger partial charge in [0, 0.05) is 55.7 Å². The zero-order valence-corrected chi connectivity index (χ0v) is 22.8. The lowest BCUT2D eigenvalue weighted by Crippen LogP contribution is -2.25. The second-order valence-electron chi connectivity index (χ2n) is 10.2. The monoisotopic (exact) mass is 583 g/mol. The summed E-state index contributed by atoms with van der Waals surface area (Å²) in [6.45, 7) is 0.0203. The summed E-state index contributed by atoms with van der Waals surface area (Å²) in [6, 6.07) is 2.98. The normalized spacial score (nSPS) is 17.5. The summed E-state index contributed by atoms with van der Waals surface area (Å²) in [4.78, 5) is 34.6. The summed E-state index contributed by atoms with van der Waals surface area (Å²) in [7, 11) is 4.14. The molecule has 10 nitrogen and oxygen atoms in total. The number of hydrogen-bond acceptors (Lipinski definition) is 8. The molecule has 6 rings (SSSR count). The van der Waals surface area contributed by atoms with Crippen LogP contribution in [0.4, 0.5) is 17.6 Å². The van der Waals surface area contributed by atoms with Crippen molar-refractivity contribution in [3.05, 3.63) is 76.1 Å². The number of allylic oxidation sites excluding steroid dienone is 3. The highest BCUT2D eigenvalue weighted by Crippen LogP contribution is 2.45. The minimum Gasteiger partial charge on any atom is -0.496 e. The van der Waals surface area contributed by atoms with E-state index in [0.717, 1.165) is 29.3 Å². The van der Waals surface area contributed by atoms with Crippen molar-refractivity contribution in [2.24, 2.45) is 13.0 Å². The molecule has 0 bridgehead atoms. The van der Waals surface area contributed by atoms with E-state index in [1.54, 1.807) is 18.3 Å². The van der Waals surface area contributed by atoms with E-state index in [2.05, 4.69) is 19.9 Å². The molecule has 2 aliphatic carbocycles. The predicted molar refractivity (Wildman–Crippen MR) is 143 cm³/mol. The molecule has 4 heterocycles. The lowest BCUT2D eigenvalue weighted by molar-refractivity contribution is -0.141. The Morgan fingerprint density at radius 1 is 1.07 bits per heavy atom. The van der Waals surface area contributed by atoms with Gasteiger partial charge in [-0.05, 0) is 25.0 Å². The molecule has 0 saturated heterocycles. The first-order valence-electron chi connectivity index (χ1n) is 13.1. The van der Waals surface area contributed by atoms with Gasteiger partial charge in [0.2, 0.25) is 5.88 Å². The maximum atomic E-state index is 15.6. The van der Waals surface area contributed by atoms with Crippen molar-refractivity contribution >= 4 is 16.6 Å². The molecule has 0 aliphatic heterocycles. The number of fused-ring (bicyclic) bond motifs is 1. The average Bonchev–Trinajstić information content (AvgIpc) is 3.74. The minimum atomic E-state index is -4.69. The molecule has 4 aromatic rings. The van der Waals surface area contributed by atoms with E-state index in [0.29, 0.717) is 28.3 Å². The molecule has 14 heteroatoms. The third-order valence-electron chi connectivity index (χ3n) is 7.32. The van der Waals surface area contributed by atoms with Gasteiger partial charge >= 0.3 is 6.18 Å². The molecule has 2 aliphatic rings. The first kappa shape index (κ1) is 27.5. The topological polar surface area (TPSA) is 110 Å². The van der Waals surface area contributed by atoms with Crippen molar-refractivity contribution in [1.82, 2.24) is 34.1 Å². The number of imidazole rings is 1. The number of aryl methyl sites for hydroxylation is 1. The zero-order chi connectivity index (χ0) is 29.8. The Morgan fingerprint density at radius 2 is 1.86 bits per heavy atom. The van der Waals surface area contributed by atoms with Gasteiger partial charge in [-0.25, -0.2) is 29.3 Å². The summed E-state index contributed by atoms with van der Waals surface area (Å²) in [5, 5.41) is 0.582. The third-order valence-corrected chi connectivity index (χ3v) is 7.32. The second-order valence-corrected chi connectivity index (χ2v) is 10.2. The van der Waals surface area contributed by atoms with Crippen LogP contribution in [-0.2, 0) is 24.5 Å². The van der Waals surface area contributed by atoms with E-state index in [4.69, 9.17) is 14.5 Å². The van der Waals surface area contributed by atoms with Crippen LogP contribution in [-0.4, -0.2) is 48.3 Å².